The van der Waals surface area contributed by atoms with Crippen LogP contribution in [0.1, 0.15) is 26.3 Å². The molecule has 2 N–H and O–H groups in total. The van der Waals surface area contributed by atoms with Gasteiger partial charge in [0.25, 0.3) is 0 Å². The molecule has 0 saturated heterocycles. The average molecular weight is 307 g/mol. The molecule has 0 heterocycles. The van der Waals surface area contributed by atoms with Gasteiger partial charge in [0.05, 0.1) is 25.4 Å². The summed E-state index contributed by atoms with van der Waals surface area (Å²) in [5.74, 6) is 0. The first-order chi connectivity index (χ1) is 10.3. The van der Waals surface area contributed by atoms with Crippen molar-refractivity contribution < 1.29 is 19.4 Å². The third-order valence-corrected chi connectivity index (χ3v) is 2.76. The predicted molar refractivity (Wildman–Crippen MR) is 85.5 cm³/mol. The predicted octanol–water partition coefficient (Wildman–Crippen LogP) is 2.64. The number of aliphatic hydroxyl groups is 1. The summed E-state index contributed by atoms with van der Waals surface area (Å²) in [7, 11) is 0. The molecule has 0 fully saturated rings. The fourth-order valence-electron chi connectivity index (χ4n) is 1.73. The highest BCUT2D eigenvalue weighted by molar-refractivity contribution is 5.68. The van der Waals surface area contributed by atoms with Crippen molar-refractivity contribution in [2.24, 2.45) is 0 Å². The monoisotopic (exact) mass is 307 g/mol. The Bertz CT molecular complexity index is 467. The second kappa shape index (κ2) is 8.56. The molecule has 1 aromatic carbocycles. The van der Waals surface area contributed by atoms with E-state index in [-0.39, 0.29) is 6.61 Å². The molecule has 0 aliphatic heterocycles. The largest absolute Gasteiger partial charge is 0.444 e. The number of aliphatic hydroxyl groups excluding tert-OH is 1. The van der Waals surface area contributed by atoms with Crippen LogP contribution in [0.15, 0.2) is 43.0 Å². The van der Waals surface area contributed by atoms with Crippen molar-refractivity contribution in [1.82, 2.24) is 5.32 Å². The van der Waals surface area contributed by atoms with E-state index in [1.807, 2.05) is 30.3 Å². The van der Waals surface area contributed by atoms with Crippen molar-refractivity contribution in [3.8, 4) is 0 Å². The summed E-state index contributed by atoms with van der Waals surface area (Å²) in [4.78, 5) is 11.8. The third kappa shape index (κ3) is 7.24. The molecule has 1 amide bonds. The minimum absolute atomic E-state index is 0.154. The Labute approximate surface area is 131 Å². The van der Waals surface area contributed by atoms with E-state index < -0.39 is 23.8 Å². The van der Waals surface area contributed by atoms with Gasteiger partial charge in [-0.05, 0) is 26.3 Å². The lowest BCUT2D eigenvalue weighted by atomic mass is 10.1. The highest BCUT2D eigenvalue weighted by atomic mass is 16.6. The topological polar surface area (TPSA) is 67.8 Å². The maximum Gasteiger partial charge on any atom is 0.408 e. The fraction of sp³-hybridized carbons (Fsp3) is 0.471. The lowest BCUT2D eigenvalue weighted by Gasteiger charge is -2.25. The summed E-state index contributed by atoms with van der Waals surface area (Å²) in [5, 5.41) is 12.5. The normalized spacial score (nSPS) is 14.0. The fourth-order valence-corrected chi connectivity index (χ4v) is 1.73. The van der Waals surface area contributed by atoms with Crippen molar-refractivity contribution in [1.29, 1.82) is 0 Å². The Kier molecular flexibility index (Phi) is 7.08. The van der Waals surface area contributed by atoms with Gasteiger partial charge in [-0.3, -0.25) is 0 Å². The van der Waals surface area contributed by atoms with Gasteiger partial charge in [0.2, 0.25) is 0 Å². The lowest BCUT2D eigenvalue weighted by Crippen LogP contribution is -2.47. The molecule has 5 nitrogen and oxygen atoms in total. The molecule has 22 heavy (non-hydrogen) atoms. The van der Waals surface area contributed by atoms with E-state index in [1.165, 1.54) is 6.08 Å². The molecule has 5 heteroatoms. The van der Waals surface area contributed by atoms with Gasteiger partial charge in [-0.1, -0.05) is 36.4 Å². The molecule has 0 spiro atoms. The van der Waals surface area contributed by atoms with Crippen LogP contribution < -0.4 is 5.32 Å². The maximum absolute atomic E-state index is 11.8. The third-order valence-electron chi connectivity index (χ3n) is 2.76. The van der Waals surface area contributed by atoms with E-state index >= 15 is 0 Å². The van der Waals surface area contributed by atoms with Gasteiger partial charge in [0, 0.05) is 0 Å². The number of alkyl carbamates (subject to hydrolysis) is 1. The van der Waals surface area contributed by atoms with Crippen molar-refractivity contribution in [3.05, 3.63) is 48.6 Å². The summed E-state index contributed by atoms with van der Waals surface area (Å²) < 4.78 is 10.7. The highest BCUT2D eigenvalue weighted by Gasteiger charge is 2.23. The molecule has 2 atom stereocenters. The minimum Gasteiger partial charge on any atom is -0.444 e. The quantitative estimate of drug-likeness (QED) is 0.760. The Balaban J connectivity index is 2.50. The molecule has 0 aromatic heterocycles. The molecule has 1 rings (SSSR count). The summed E-state index contributed by atoms with van der Waals surface area (Å²) >= 11 is 0. The number of carbonyl (C=O) groups excluding carboxylic acids is 1. The second-order valence-corrected chi connectivity index (χ2v) is 5.98. The number of hydrogen-bond donors (Lipinski definition) is 2. The zero-order valence-electron chi connectivity index (χ0n) is 13.4. The molecule has 122 valence electrons. The van der Waals surface area contributed by atoms with Crippen LogP contribution in [0.25, 0.3) is 0 Å². The van der Waals surface area contributed by atoms with E-state index in [0.29, 0.717) is 6.61 Å². The number of rotatable bonds is 7. The van der Waals surface area contributed by atoms with Crippen LogP contribution in [0.2, 0.25) is 0 Å². The lowest BCUT2D eigenvalue weighted by molar-refractivity contribution is 0.0283. The molecule has 0 radical (unpaired) electrons. The molecule has 0 aliphatic carbocycles. The molecule has 0 aliphatic rings. The Hall–Kier alpha value is -1.85. The SMILES string of the molecule is C=C[C@@H](O)[C@@H](COCc1ccccc1)NC(=O)OC(C)(C)C. The van der Waals surface area contributed by atoms with E-state index in [2.05, 4.69) is 11.9 Å². The van der Waals surface area contributed by atoms with Crippen molar-refractivity contribution in [2.45, 2.75) is 45.1 Å². The van der Waals surface area contributed by atoms with Crippen LogP contribution in [0.3, 0.4) is 0 Å². The highest BCUT2D eigenvalue weighted by Crippen LogP contribution is 2.08. The average Bonchev–Trinajstić information content (AvgIpc) is 2.44. The summed E-state index contributed by atoms with van der Waals surface area (Å²) in [6.07, 6.45) is -0.154. The van der Waals surface area contributed by atoms with Gasteiger partial charge in [-0.2, -0.15) is 0 Å². The number of ether oxygens (including phenoxy) is 2. The molecule has 0 bridgehead atoms. The molecule has 0 unspecified atom stereocenters. The Morgan fingerprint density at radius 3 is 2.55 bits per heavy atom. The first kappa shape index (κ1) is 18.2. The van der Waals surface area contributed by atoms with Gasteiger partial charge in [-0.15, -0.1) is 6.58 Å². The summed E-state index contributed by atoms with van der Waals surface area (Å²) in [6.45, 7) is 9.41. The molecule has 0 saturated carbocycles. The van der Waals surface area contributed by atoms with Crippen molar-refractivity contribution in [2.75, 3.05) is 6.61 Å². The van der Waals surface area contributed by atoms with E-state index in [9.17, 15) is 9.90 Å². The minimum atomic E-state index is -0.914. The molecular formula is C17H25NO4. The number of carbonyl (C=O) groups is 1. The summed E-state index contributed by atoms with van der Waals surface area (Å²) in [5.41, 5.74) is 0.421. The zero-order chi connectivity index (χ0) is 16.6. The van der Waals surface area contributed by atoms with Crippen molar-refractivity contribution >= 4 is 6.09 Å². The number of hydrogen-bond acceptors (Lipinski definition) is 4. The molecular weight excluding hydrogens is 282 g/mol. The second-order valence-electron chi connectivity index (χ2n) is 5.98. The van der Waals surface area contributed by atoms with E-state index in [0.717, 1.165) is 5.56 Å². The summed E-state index contributed by atoms with van der Waals surface area (Å²) in [6, 6.07) is 9.05. The first-order valence-electron chi connectivity index (χ1n) is 7.23. The maximum atomic E-state index is 11.8. The van der Waals surface area contributed by atoms with E-state index in [1.54, 1.807) is 20.8 Å². The number of amides is 1. The van der Waals surface area contributed by atoms with Gasteiger partial charge >= 0.3 is 6.09 Å². The van der Waals surface area contributed by atoms with Gasteiger partial charge in [-0.25, -0.2) is 4.79 Å². The first-order valence-corrected chi connectivity index (χ1v) is 7.23. The van der Waals surface area contributed by atoms with Gasteiger partial charge in [0.1, 0.15) is 5.60 Å². The zero-order valence-corrected chi connectivity index (χ0v) is 13.4. The standard InChI is InChI=1S/C17H25NO4/c1-5-15(19)14(18-16(20)22-17(2,3)4)12-21-11-13-9-7-6-8-10-13/h5-10,14-15,19H,1,11-12H2,2-4H3,(H,18,20)/t14-,15-/m1/s1. The Morgan fingerprint density at radius 1 is 1.36 bits per heavy atom. The van der Waals surface area contributed by atoms with Gasteiger partial charge < -0.3 is 19.9 Å². The van der Waals surface area contributed by atoms with Crippen molar-refractivity contribution in [3.63, 3.8) is 0 Å². The number of benzene rings is 1. The van der Waals surface area contributed by atoms with Crippen LogP contribution in [-0.4, -0.2) is 35.6 Å². The van der Waals surface area contributed by atoms with Gasteiger partial charge in [0.15, 0.2) is 0 Å². The van der Waals surface area contributed by atoms with Crippen LogP contribution >= 0.6 is 0 Å². The Morgan fingerprint density at radius 2 is 2.00 bits per heavy atom. The van der Waals surface area contributed by atoms with Crippen LogP contribution in [0.5, 0.6) is 0 Å². The number of nitrogens with one attached hydrogen (secondary N) is 1. The van der Waals surface area contributed by atoms with Crippen LogP contribution in [-0.2, 0) is 16.1 Å². The van der Waals surface area contributed by atoms with Crippen LogP contribution in [0, 0.1) is 0 Å². The van der Waals surface area contributed by atoms with Crippen LogP contribution in [0.4, 0.5) is 4.79 Å². The molecule has 1 aromatic rings. The smallest absolute Gasteiger partial charge is 0.408 e. The van der Waals surface area contributed by atoms with E-state index in [4.69, 9.17) is 9.47 Å².